The second-order valence-electron chi connectivity index (χ2n) is 3.58. The number of rotatable bonds is 6. The van der Waals surface area contributed by atoms with Gasteiger partial charge in [0.2, 0.25) is 5.78 Å². The molecule has 6 nitrogen and oxygen atoms in total. The molecule has 0 amide bonds. The van der Waals surface area contributed by atoms with Crippen molar-refractivity contribution in [3.63, 3.8) is 0 Å². The summed E-state index contributed by atoms with van der Waals surface area (Å²) in [6.07, 6.45) is -0.573. The zero-order valence-electron chi connectivity index (χ0n) is 10.9. The molecule has 0 aliphatic heterocycles. The third-order valence-electron chi connectivity index (χ3n) is 2.44. The summed E-state index contributed by atoms with van der Waals surface area (Å²) in [6.45, 7) is 0. The molecule has 0 atom stereocenters. The van der Waals surface area contributed by atoms with Crippen molar-refractivity contribution in [2.75, 3.05) is 21.3 Å². The fourth-order valence-electron chi connectivity index (χ4n) is 1.46. The van der Waals surface area contributed by atoms with Gasteiger partial charge < -0.3 is 14.2 Å². The Morgan fingerprint density at radius 3 is 2.20 bits per heavy atom. The van der Waals surface area contributed by atoms with Crippen molar-refractivity contribution in [3.05, 3.63) is 23.8 Å². The Hall–Kier alpha value is -1.37. The Morgan fingerprint density at radius 1 is 1.05 bits per heavy atom. The summed E-state index contributed by atoms with van der Waals surface area (Å²) in [5, 5.41) is 0. The average molecular weight is 290 g/mol. The zero-order valence-corrected chi connectivity index (χ0v) is 10.9. The van der Waals surface area contributed by atoms with E-state index in [1.807, 2.05) is 0 Å². The van der Waals surface area contributed by atoms with Crippen molar-refractivity contribution in [2.24, 2.45) is 0 Å². The number of hydrogen-bond donors (Lipinski definition) is 0. The van der Waals surface area contributed by atoms with Gasteiger partial charge in [0, 0.05) is 0 Å². The van der Waals surface area contributed by atoms with Crippen molar-refractivity contribution >= 4 is 47.1 Å². The van der Waals surface area contributed by atoms with Crippen molar-refractivity contribution < 1.29 is 28.6 Å². The van der Waals surface area contributed by atoms with Crippen LogP contribution in [0.4, 0.5) is 0 Å². The molecule has 7 heteroatoms. The molecule has 0 aliphatic carbocycles. The molecule has 0 aliphatic rings. The summed E-state index contributed by atoms with van der Waals surface area (Å²) in [5.74, 6) is -1.73. The van der Waals surface area contributed by atoms with Gasteiger partial charge in [-0.15, -0.1) is 0 Å². The van der Waals surface area contributed by atoms with Gasteiger partial charge in [-0.3, -0.25) is 9.59 Å². The zero-order chi connectivity index (χ0) is 14.4. The van der Waals surface area contributed by atoms with Crippen molar-refractivity contribution in [1.29, 1.82) is 0 Å². The molecule has 1 aromatic carbocycles. The number of carbonyl (C=O) groups excluding carboxylic acids is 3. The van der Waals surface area contributed by atoms with E-state index in [1.54, 1.807) is 12.1 Å². The minimum atomic E-state index is -1.05. The molecule has 0 spiro atoms. The number of carbonyl (C=O) groups is 3. The summed E-state index contributed by atoms with van der Waals surface area (Å²) >= 11 is 0. The SMILES string of the molecule is COC(=O)C(=O)CC(=O)c1cc(OC)ccc1OC.[NaH]. The van der Waals surface area contributed by atoms with E-state index < -0.39 is 24.0 Å². The number of methoxy groups -OCH3 is 3. The first kappa shape index (κ1) is 18.6. The summed E-state index contributed by atoms with van der Waals surface area (Å²) in [4.78, 5) is 34.3. The van der Waals surface area contributed by atoms with Crippen molar-refractivity contribution in [3.8, 4) is 11.5 Å². The van der Waals surface area contributed by atoms with E-state index in [9.17, 15) is 14.4 Å². The Kier molecular flexibility index (Phi) is 8.13. The van der Waals surface area contributed by atoms with Crippen LogP contribution < -0.4 is 9.47 Å². The second-order valence-corrected chi connectivity index (χ2v) is 3.58. The molecule has 0 N–H and O–H groups in total. The van der Waals surface area contributed by atoms with E-state index in [0.29, 0.717) is 11.5 Å². The summed E-state index contributed by atoms with van der Waals surface area (Å²) < 4.78 is 14.3. The molecule has 104 valence electrons. The molecular weight excluding hydrogens is 275 g/mol. The standard InChI is InChI=1S/C13H14O6.Na.H/c1-17-8-4-5-12(18-2)9(6-8)10(14)7-11(15)13(16)19-3;;/h4-6H,7H2,1-3H3;;. The van der Waals surface area contributed by atoms with Gasteiger partial charge >= 0.3 is 35.5 Å². The Balaban J connectivity index is 0.00000361. The fourth-order valence-corrected chi connectivity index (χ4v) is 1.46. The van der Waals surface area contributed by atoms with Crippen LogP contribution in [0, 0.1) is 0 Å². The van der Waals surface area contributed by atoms with Crippen LogP contribution >= 0.6 is 0 Å². The molecule has 0 saturated carbocycles. The van der Waals surface area contributed by atoms with E-state index in [1.165, 1.54) is 20.3 Å². The first-order chi connectivity index (χ1) is 9.03. The molecule has 0 heterocycles. The monoisotopic (exact) mass is 290 g/mol. The van der Waals surface area contributed by atoms with Crippen LogP contribution in [0.25, 0.3) is 0 Å². The molecule has 0 unspecified atom stereocenters. The van der Waals surface area contributed by atoms with Crippen LogP contribution in [0.3, 0.4) is 0 Å². The predicted molar refractivity (Wildman–Crippen MR) is 72.7 cm³/mol. The molecule has 0 fully saturated rings. The first-order valence-corrected chi connectivity index (χ1v) is 5.39. The number of esters is 1. The molecule has 0 aromatic heterocycles. The Morgan fingerprint density at radius 2 is 1.70 bits per heavy atom. The van der Waals surface area contributed by atoms with E-state index in [2.05, 4.69) is 4.74 Å². The normalized spacial score (nSPS) is 9.15. The van der Waals surface area contributed by atoms with Gasteiger partial charge in [0.1, 0.15) is 11.5 Å². The van der Waals surface area contributed by atoms with Crippen LogP contribution in [0.2, 0.25) is 0 Å². The maximum absolute atomic E-state index is 12.0. The van der Waals surface area contributed by atoms with Gasteiger partial charge in [0.25, 0.3) is 0 Å². The molecular formula is C13H15NaO6. The van der Waals surface area contributed by atoms with E-state index in [0.717, 1.165) is 7.11 Å². The topological polar surface area (TPSA) is 78.9 Å². The molecule has 0 bridgehead atoms. The van der Waals surface area contributed by atoms with Crippen LogP contribution in [-0.2, 0) is 14.3 Å². The number of hydrogen-bond acceptors (Lipinski definition) is 6. The second kappa shape index (κ2) is 8.73. The quantitative estimate of drug-likeness (QED) is 0.248. The van der Waals surface area contributed by atoms with Crippen LogP contribution in [0.5, 0.6) is 11.5 Å². The van der Waals surface area contributed by atoms with Gasteiger partial charge in [-0.2, -0.15) is 0 Å². The Labute approximate surface area is 138 Å². The third-order valence-corrected chi connectivity index (χ3v) is 2.44. The van der Waals surface area contributed by atoms with E-state index in [4.69, 9.17) is 9.47 Å². The molecule has 20 heavy (non-hydrogen) atoms. The summed E-state index contributed by atoms with van der Waals surface area (Å²) in [6, 6.07) is 4.62. The fraction of sp³-hybridized carbons (Fsp3) is 0.308. The van der Waals surface area contributed by atoms with Gasteiger partial charge in [-0.25, -0.2) is 4.79 Å². The average Bonchev–Trinajstić information content (AvgIpc) is 2.45. The third kappa shape index (κ3) is 4.63. The van der Waals surface area contributed by atoms with Gasteiger partial charge in [0.05, 0.1) is 33.3 Å². The maximum atomic E-state index is 12.0. The molecule has 1 aromatic rings. The summed E-state index contributed by atoms with van der Waals surface area (Å²) in [7, 11) is 3.94. The van der Waals surface area contributed by atoms with Crippen LogP contribution in [-0.4, -0.2) is 68.4 Å². The van der Waals surface area contributed by atoms with Crippen LogP contribution in [0.1, 0.15) is 16.8 Å². The van der Waals surface area contributed by atoms with E-state index >= 15 is 0 Å². The predicted octanol–water partition coefficient (Wildman–Crippen LogP) is 0.370. The molecule has 0 radical (unpaired) electrons. The number of ether oxygens (including phenoxy) is 3. The van der Waals surface area contributed by atoms with Crippen LogP contribution in [0.15, 0.2) is 18.2 Å². The Bertz CT molecular complexity index is 512. The minimum absolute atomic E-state index is 0. The summed E-state index contributed by atoms with van der Waals surface area (Å²) in [5.41, 5.74) is 0.180. The van der Waals surface area contributed by atoms with Gasteiger partial charge in [-0.05, 0) is 18.2 Å². The molecule has 0 saturated heterocycles. The number of ketones is 2. The van der Waals surface area contributed by atoms with Gasteiger partial charge in [0.15, 0.2) is 5.78 Å². The van der Waals surface area contributed by atoms with Crippen molar-refractivity contribution in [1.82, 2.24) is 0 Å². The number of Topliss-reactive ketones (excluding diaryl/α,β-unsaturated/α-hetero) is 2. The van der Waals surface area contributed by atoms with Gasteiger partial charge in [-0.1, -0.05) is 0 Å². The van der Waals surface area contributed by atoms with E-state index in [-0.39, 0.29) is 35.1 Å². The molecule has 1 rings (SSSR count). The van der Waals surface area contributed by atoms with Crippen molar-refractivity contribution in [2.45, 2.75) is 6.42 Å². The number of benzene rings is 1. The first-order valence-electron chi connectivity index (χ1n) is 5.39.